The van der Waals surface area contributed by atoms with Crippen LogP contribution in [0.2, 0.25) is 0 Å². The van der Waals surface area contributed by atoms with Crippen molar-refractivity contribution in [3.63, 3.8) is 0 Å². The molecule has 0 fully saturated rings. The fourth-order valence-electron chi connectivity index (χ4n) is 2.63. The number of methoxy groups -OCH3 is 1. The lowest BCUT2D eigenvalue weighted by molar-refractivity contribution is -0.798. The van der Waals surface area contributed by atoms with Gasteiger partial charge in [0.2, 0.25) is 0 Å². The second-order valence-electron chi connectivity index (χ2n) is 6.23. The highest BCUT2D eigenvalue weighted by atomic mass is 17.0. The molecule has 2 rings (SSSR count). The topological polar surface area (TPSA) is 140 Å². The molecule has 0 saturated carbocycles. The molecule has 0 spiro atoms. The van der Waals surface area contributed by atoms with Crippen molar-refractivity contribution < 1.29 is 34.1 Å². The number of fused-ring (bicyclic) bond motifs is 1. The van der Waals surface area contributed by atoms with Gasteiger partial charge in [-0.1, -0.05) is 24.3 Å². The van der Waals surface area contributed by atoms with Crippen molar-refractivity contribution in [3.8, 4) is 5.75 Å². The molecular formula is C18H20N2O9. The molecular weight excluding hydrogens is 388 g/mol. The molecule has 0 bridgehead atoms. The summed E-state index contributed by atoms with van der Waals surface area (Å²) < 4.78 is 10.3. The van der Waals surface area contributed by atoms with Crippen LogP contribution in [-0.2, 0) is 19.2 Å². The number of hydrogen-bond acceptors (Lipinski definition) is 9. The molecule has 0 heterocycles. The number of esters is 1. The molecule has 0 N–H and O–H groups in total. The third-order valence-electron chi connectivity index (χ3n) is 4.31. The molecule has 0 unspecified atom stereocenters. The smallest absolute Gasteiger partial charge is 0.313 e. The lowest BCUT2D eigenvalue weighted by Crippen LogP contribution is -2.37. The molecule has 11 heteroatoms. The van der Waals surface area contributed by atoms with E-state index in [9.17, 15) is 25.0 Å². The molecule has 0 aliphatic carbocycles. The summed E-state index contributed by atoms with van der Waals surface area (Å²) in [4.78, 5) is 42.0. The Morgan fingerprint density at radius 2 is 1.62 bits per heavy atom. The third kappa shape index (κ3) is 5.92. The zero-order chi connectivity index (χ0) is 21.6. The van der Waals surface area contributed by atoms with E-state index in [2.05, 4.69) is 9.68 Å². The molecule has 156 valence electrons. The lowest BCUT2D eigenvalue weighted by atomic mass is 9.98. The minimum absolute atomic E-state index is 0.579. The van der Waals surface area contributed by atoms with Crippen molar-refractivity contribution in [1.29, 1.82) is 0 Å². The van der Waals surface area contributed by atoms with Crippen LogP contribution in [0.25, 0.3) is 10.8 Å². The first-order valence-corrected chi connectivity index (χ1v) is 8.58. The van der Waals surface area contributed by atoms with Crippen LogP contribution in [0, 0.1) is 20.2 Å². The van der Waals surface area contributed by atoms with Gasteiger partial charge in [0.05, 0.1) is 13.0 Å². The summed E-state index contributed by atoms with van der Waals surface area (Å²) in [5, 5.41) is 20.6. The molecule has 2 aromatic rings. The highest BCUT2D eigenvalue weighted by molar-refractivity contribution is 5.86. The molecule has 0 aromatic heterocycles. The normalized spacial score (nSPS) is 13.8. The van der Waals surface area contributed by atoms with E-state index < -0.39 is 40.9 Å². The van der Waals surface area contributed by atoms with Gasteiger partial charge in [0.25, 0.3) is 10.2 Å². The Labute approximate surface area is 165 Å². The Balaban J connectivity index is 2.07. The molecule has 0 saturated heterocycles. The first-order valence-electron chi connectivity index (χ1n) is 8.58. The van der Waals surface area contributed by atoms with Gasteiger partial charge in [0.1, 0.15) is 18.5 Å². The summed E-state index contributed by atoms with van der Waals surface area (Å²) >= 11 is 0. The van der Waals surface area contributed by atoms with E-state index in [4.69, 9.17) is 9.47 Å². The Morgan fingerprint density at radius 3 is 2.24 bits per heavy atom. The predicted molar refractivity (Wildman–Crippen MR) is 99.3 cm³/mol. The van der Waals surface area contributed by atoms with Gasteiger partial charge in [0.15, 0.2) is 6.10 Å². The first-order chi connectivity index (χ1) is 13.7. The Bertz CT molecular complexity index is 902. The minimum Gasteiger partial charge on any atom is -0.497 e. The van der Waals surface area contributed by atoms with Crippen molar-refractivity contribution in [2.24, 2.45) is 0 Å². The predicted octanol–water partition coefficient (Wildman–Crippen LogP) is 2.67. The standard InChI is InChI=1S/C18H20N2O9/c1-11(13-4-5-15-9-16(26-3)7-6-14(15)8-13)18(21)27-10-17(29-20(24)25)12(2)28-19(22)23/h4-9,11-12,17H,10H2,1-3H3/t11-,12-,17-/m0/s1. The van der Waals surface area contributed by atoms with Crippen LogP contribution in [-0.4, -0.2) is 42.1 Å². The van der Waals surface area contributed by atoms with Crippen molar-refractivity contribution in [2.45, 2.75) is 32.0 Å². The molecule has 0 radical (unpaired) electrons. The monoisotopic (exact) mass is 408 g/mol. The van der Waals surface area contributed by atoms with E-state index in [0.717, 1.165) is 10.8 Å². The van der Waals surface area contributed by atoms with Gasteiger partial charge in [-0.25, -0.2) is 0 Å². The van der Waals surface area contributed by atoms with Crippen LogP contribution in [0.5, 0.6) is 5.75 Å². The number of hydrogen-bond donors (Lipinski definition) is 0. The molecule has 3 atom stereocenters. The average Bonchev–Trinajstić information content (AvgIpc) is 2.68. The van der Waals surface area contributed by atoms with Crippen molar-refractivity contribution in [2.75, 3.05) is 13.7 Å². The van der Waals surface area contributed by atoms with Crippen molar-refractivity contribution >= 4 is 16.7 Å². The maximum absolute atomic E-state index is 12.4. The summed E-state index contributed by atoms with van der Waals surface area (Å²) in [6.45, 7) is 2.24. The number of carbonyl (C=O) groups excluding carboxylic acids is 1. The number of ether oxygens (including phenoxy) is 2. The number of rotatable bonds is 10. The van der Waals surface area contributed by atoms with Gasteiger partial charge < -0.3 is 19.1 Å². The summed E-state index contributed by atoms with van der Waals surface area (Å²) in [7, 11) is 1.57. The van der Waals surface area contributed by atoms with Crippen LogP contribution in [0.4, 0.5) is 0 Å². The quantitative estimate of drug-likeness (QED) is 0.329. The van der Waals surface area contributed by atoms with Crippen molar-refractivity contribution in [3.05, 3.63) is 62.2 Å². The second kappa shape index (κ2) is 9.53. The molecule has 11 nitrogen and oxygen atoms in total. The van der Waals surface area contributed by atoms with Crippen molar-refractivity contribution in [1.82, 2.24) is 0 Å². The summed E-state index contributed by atoms with van der Waals surface area (Å²) in [6.07, 6.45) is -2.76. The SMILES string of the molecule is COc1ccc2cc([C@H](C)C(=O)OC[C@H](O[N+](=O)[O-])[C@H](C)O[N+](=O)[O-])ccc2c1. The van der Waals surface area contributed by atoms with Gasteiger partial charge in [0, 0.05) is 0 Å². The van der Waals surface area contributed by atoms with E-state index in [1.165, 1.54) is 6.92 Å². The largest absolute Gasteiger partial charge is 0.497 e. The average molecular weight is 408 g/mol. The Kier molecular flexibility index (Phi) is 7.12. The van der Waals surface area contributed by atoms with Gasteiger partial charge in [-0.2, -0.15) is 0 Å². The summed E-state index contributed by atoms with van der Waals surface area (Å²) in [5.74, 6) is -0.631. The lowest BCUT2D eigenvalue weighted by Gasteiger charge is -2.21. The van der Waals surface area contributed by atoms with Crippen LogP contribution >= 0.6 is 0 Å². The third-order valence-corrected chi connectivity index (χ3v) is 4.31. The Hall–Kier alpha value is -3.63. The fourth-order valence-corrected chi connectivity index (χ4v) is 2.63. The zero-order valence-corrected chi connectivity index (χ0v) is 16.0. The van der Waals surface area contributed by atoms with Crippen LogP contribution in [0.1, 0.15) is 25.3 Å². The number of carbonyl (C=O) groups is 1. The number of benzene rings is 2. The van der Waals surface area contributed by atoms with E-state index in [1.54, 1.807) is 26.2 Å². The molecule has 29 heavy (non-hydrogen) atoms. The summed E-state index contributed by atoms with van der Waals surface area (Å²) in [6, 6.07) is 10.9. The van der Waals surface area contributed by atoms with Crippen LogP contribution in [0.15, 0.2) is 36.4 Å². The molecule has 2 aromatic carbocycles. The molecule has 0 amide bonds. The zero-order valence-electron chi connectivity index (χ0n) is 16.0. The molecule has 0 aliphatic rings. The second-order valence-corrected chi connectivity index (χ2v) is 6.23. The van der Waals surface area contributed by atoms with Crippen LogP contribution < -0.4 is 4.74 Å². The first kappa shape index (κ1) is 21.7. The highest BCUT2D eigenvalue weighted by Crippen LogP contribution is 2.26. The van der Waals surface area contributed by atoms with Crippen LogP contribution in [0.3, 0.4) is 0 Å². The maximum atomic E-state index is 12.4. The van der Waals surface area contributed by atoms with Gasteiger partial charge in [-0.05, 0) is 42.3 Å². The van der Waals surface area contributed by atoms with E-state index >= 15 is 0 Å². The highest BCUT2D eigenvalue weighted by Gasteiger charge is 2.27. The van der Waals surface area contributed by atoms with Gasteiger partial charge >= 0.3 is 5.97 Å². The maximum Gasteiger partial charge on any atom is 0.313 e. The minimum atomic E-state index is -1.45. The van der Waals surface area contributed by atoms with E-state index in [0.29, 0.717) is 11.3 Å². The number of nitrogens with zero attached hydrogens (tertiary/aromatic N) is 2. The Morgan fingerprint density at radius 1 is 1.00 bits per heavy atom. The van der Waals surface area contributed by atoms with Gasteiger partial charge in [-0.15, -0.1) is 20.2 Å². The fraction of sp³-hybridized carbons (Fsp3) is 0.389. The van der Waals surface area contributed by atoms with Gasteiger partial charge in [-0.3, -0.25) is 4.79 Å². The molecule has 0 aliphatic heterocycles. The summed E-state index contributed by atoms with van der Waals surface area (Å²) in [5.41, 5.74) is 0.675. The van der Waals surface area contributed by atoms with E-state index in [1.807, 2.05) is 24.3 Å². The van der Waals surface area contributed by atoms with E-state index in [-0.39, 0.29) is 0 Å².